The van der Waals surface area contributed by atoms with Crippen LogP contribution in [0.5, 0.6) is 0 Å². The predicted octanol–water partition coefficient (Wildman–Crippen LogP) is 5.40. The van der Waals surface area contributed by atoms with Gasteiger partial charge in [-0.3, -0.25) is 0 Å². The normalized spacial score (nSPS) is 11.0. The molecule has 0 aliphatic carbocycles. The Labute approximate surface area is 129 Å². The van der Waals surface area contributed by atoms with E-state index >= 15 is 0 Å². The van der Waals surface area contributed by atoms with Crippen LogP contribution in [-0.2, 0) is 0 Å². The number of nitrogens with zero attached hydrogens (tertiary/aromatic N) is 2. The van der Waals surface area contributed by atoms with Crippen LogP contribution in [0.4, 0.5) is 4.39 Å². The minimum absolute atomic E-state index is 0.246. The van der Waals surface area contributed by atoms with Crippen molar-refractivity contribution < 1.29 is 4.39 Å². The Morgan fingerprint density at radius 2 is 1.70 bits per heavy atom. The highest BCUT2D eigenvalue weighted by atomic mass is 35.5. The summed E-state index contributed by atoms with van der Waals surface area (Å²) in [5, 5.41) is 1.75. The number of rotatable bonds is 1. The van der Waals surface area contributed by atoms with Crippen molar-refractivity contribution in [1.82, 2.24) is 9.97 Å². The molecule has 0 aliphatic heterocycles. The van der Waals surface area contributed by atoms with Gasteiger partial charge < -0.3 is 0 Å². The van der Waals surface area contributed by atoms with Crippen LogP contribution in [-0.4, -0.2) is 9.97 Å². The quantitative estimate of drug-likeness (QED) is 0.560. The van der Waals surface area contributed by atoms with Crippen molar-refractivity contribution in [3.8, 4) is 11.4 Å². The fourth-order valence-corrected chi connectivity index (χ4v) is 2.59. The summed E-state index contributed by atoms with van der Waals surface area (Å²) < 4.78 is 13.3. The molecule has 0 atom stereocenters. The van der Waals surface area contributed by atoms with Crippen molar-refractivity contribution in [2.75, 3.05) is 0 Å². The zero-order chi connectivity index (χ0) is 14.3. The molecule has 2 aromatic carbocycles. The van der Waals surface area contributed by atoms with E-state index < -0.39 is 0 Å². The highest BCUT2D eigenvalue weighted by molar-refractivity contribution is 6.36. The van der Waals surface area contributed by atoms with Crippen molar-refractivity contribution in [1.29, 1.82) is 0 Å². The van der Waals surface area contributed by atoms with Crippen molar-refractivity contribution in [2.45, 2.75) is 0 Å². The van der Waals surface area contributed by atoms with Gasteiger partial charge in [-0.25, -0.2) is 14.4 Å². The van der Waals surface area contributed by atoms with E-state index in [1.165, 1.54) is 12.1 Å². The molecular weight excluding hydrogens is 322 g/mol. The Kier molecular flexibility index (Phi) is 3.50. The van der Waals surface area contributed by atoms with E-state index in [2.05, 4.69) is 9.97 Å². The van der Waals surface area contributed by atoms with Crippen LogP contribution in [0.15, 0.2) is 36.4 Å². The minimum Gasteiger partial charge on any atom is -0.228 e. The maximum absolute atomic E-state index is 13.3. The molecular formula is C14H6Cl3FN2. The lowest BCUT2D eigenvalue weighted by molar-refractivity contribution is 0.629. The molecule has 0 saturated carbocycles. The SMILES string of the molecule is Fc1ccc2c(Cl)nc(-c3ccc(Cl)cc3Cl)nc2c1. The maximum atomic E-state index is 13.3. The molecule has 0 N–H and O–H groups in total. The Hall–Kier alpha value is -1.42. The molecule has 3 aromatic rings. The molecule has 0 bridgehead atoms. The summed E-state index contributed by atoms with van der Waals surface area (Å²) in [5.74, 6) is -0.0600. The molecule has 1 aromatic heterocycles. The van der Waals surface area contributed by atoms with Gasteiger partial charge in [0.15, 0.2) is 5.82 Å². The molecule has 0 fully saturated rings. The van der Waals surface area contributed by atoms with Gasteiger partial charge in [-0.1, -0.05) is 34.8 Å². The fraction of sp³-hybridized carbons (Fsp3) is 0. The van der Waals surface area contributed by atoms with E-state index in [1.807, 2.05) is 0 Å². The summed E-state index contributed by atoms with van der Waals surface area (Å²) in [7, 11) is 0. The van der Waals surface area contributed by atoms with E-state index in [-0.39, 0.29) is 11.0 Å². The average molecular weight is 328 g/mol. The van der Waals surface area contributed by atoms with Gasteiger partial charge in [0.2, 0.25) is 0 Å². The third-order valence-corrected chi connectivity index (χ3v) is 3.62. The molecule has 2 nitrogen and oxygen atoms in total. The van der Waals surface area contributed by atoms with Gasteiger partial charge in [0.05, 0.1) is 10.5 Å². The first-order valence-corrected chi connectivity index (χ1v) is 6.76. The number of benzene rings is 2. The highest BCUT2D eigenvalue weighted by Crippen LogP contribution is 2.31. The monoisotopic (exact) mass is 326 g/mol. The fourth-order valence-electron chi connectivity index (χ4n) is 1.86. The van der Waals surface area contributed by atoms with Crippen molar-refractivity contribution >= 4 is 45.7 Å². The number of aromatic nitrogens is 2. The topological polar surface area (TPSA) is 25.8 Å². The number of hydrogen-bond acceptors (Lipinski definition) is 2. The summed E-state index contributed by atoms with van der Waals surface area (Å²) >= 11 is 18.1. The smallest absolute Gasteiger partial charge is 0.162 e. The molecule has 0 saturated heterocycles. The number of fused-ring (bicyclic) bond motifs is 1. The summed E-state index contributed by atoms with van der Waals surface area (Å²) in [4.78, 5) is 8.49. The zero-order valence-corrected chi connectivity index (χ0v) is 12.1. The molecule has 0 radical (unpaired) electrons. The second-order valence-corrected chi connectivity index (χ2v) is 5.33. The Morgan fingerprint density at radius 3 is 2.45 bits per heavy atom. The number of halogens is 4. The summed E-state index contributed by atoms with van der Waals surface area (Å²) in [6.45, 7) is 0. The van der Waals surface area contributed by atoms with Crippen LogP contribution in [0.25, 0.3) is 22.3 Å². The van der Waals surface area contributed by atoms with Crippen LogP contribution in [0.3, 0.4) is 0 Å². The lowest BCUT2D eigenvalue weighted by Crippen LogP contribution is -1.93. The van der Waals surface area contributed by atoms with E-state index in [9.17, 15) is 4.39 Å². The third-order valence-electron chi connectivity index (χ3n) is 2.78. The van der Waals surface area contributed by atoms with Crippen LogP contribution in [0, 0.1) is 5.82 Å². The molecule has 6 heteroatoms. The largest absolute Gasteiger partial charge is 0.228 e. The molecule has 20 heavy (non-hydrogen) atoms. The summed E-state index contributed by atoms with van der Waals surface area (Å²) in [6.07, 6.45) is 0. The molecule has 0 unspecified atom stereocenters. The first-order chi connectivity index (χ1) is 9.54. The first kappa shape index (κ1) is 13.6. The number of hydrogen-bond donors (Lipinski definition) is 0. The summed E-state index contributed by atoms with van der Waals surface area (Å²) in [6, 6.07) is 9.12. The van der Waals surface area contributed by atoms with Crippen LogP contribution in [0.1, 0.15) is 0 Å². The maximum Gasteiger partial charge on any atom is 0.162 e. The lowest BCUT2D eigenvalue weighted by Gasteiger charge is -2.06. The molecule has 1 heterocycles. The van der Waals surface area contributed by atoms with Crippen LogP contribution < -0.4 is 0 Å². The predicted molar refractivity (Wildman–Crippen MR) is 80.0 cm³/mol. The van der Waals surface area contributed by atoms with Crippen LogP contribution >= 0.6 is 34.8 Å². The first-order valence-electron chi connectivity index (χ1n) is 5.63. The molecule has 0 aliphatic rings. The standard InChI is InChI=1S/C14H6Cl3FN2/c15-7-1-3-9(11(16)5-7)14-19-12-6-8(18)2-4-10(12)13(17)20-14/h1-6H. The molecule has 3 rings (SSSR count). The van der Waals surface area contributed by atoms with E-state index in [1.54, 1.807) is 24.3 Å². The van der Waals surface area contributed by atoms with Gasteiger partial charge in [0, 0.05) is 22.0 Å². The Morgan fingerprint density at radius 1 is 0.900 bits per heavy atom. The minimum atomic E-state index is -0.389. The van der Waals surface area contributed by atoms with Crippen LogP contribution in [0.2, 0.25) is 15.2 Å². The average Bonchev–Trinajstić information content (AvgIpc) is 2.37. The second-order valence-electron chi connectivity index (χ2n) is 4.12. The van der Waals surface area contributed by atoms with Gasteiger partial charge in [-0.2, -0.15) is 0 Å². The van der Waals surface area contributed by atoms with E-state index in [4.69, 9.17) is 34.8 Å². The zero-order valence-electron chi connectivity index (χ0n) is 9.87. The second kappa shape index (κ2) is 5.17. The molecule has 0 amide bonds. The molecule has 0 spiro atoms. The van der Waals surface area contributed by atoms with Crippen molar-refractivity contribution in [2.24, 2.45) is 0 Å². The Balaban J connectivity index is 2.26. The Bertz CT molecular complexity index is 821. The molecule has 100 valence electrons. The van der Waals surface area contributed by atoms with Crippen molar-refractivity contribution in [3.63, 3.8) is 0 Å². The van der Waals surface area contributed by atoms with Gasteiger partial charge in [0.1, 0.15) is 11.0 Å². The summed E-state index contributed by atoms with van der Waals surface area (Å²) in [5.41, 5.74) is 1.01. The van der Waals surface area contributed by atoms with Crippen molar-refractivity contribution in [3.05, 3.63) is 57.4 Å². The highest BCUT2D eigenvalue weighted by Gasteiger charge is 2.11. The van der Waals surface area contributed by atoms with E-state index in [0.717, 1.165) is 0 Å². The third kappa shape index (κ3) is 2.44. The van der Waals surface area contributed by atoms with Gasteiger partial charge in [-0.15, -0.1) is 0 Å². The van der Waals surface area contributed by atoms with Gasteiger partial charge in [-0.05, 0) is 30.3 Å². The lowest BCUT2D eigenvalue weighted by atomic mass is 10.2. The van der Waals surface area contributed by atoms with Gasteiger partial charge >= 0.3 is 0 Å². The van der Waals surface area contributed by atoms with E-state index in [0.29, 0.717) is 32.3 Å². The van der Waals surface area contributed by atoms with Gasteiger partial charge in [0.25, 0.3) is 0 Å².